The van der Waals surface area contributed by atoms with Crippen molar-refractivity contribution in [3.63, 3.8) is 0 Å². The van der Waals surface area contributed by atoms with E-state index in [1.165, 1.54) is 6.08 Å². The van der Waals surface area contributed by atoms with Gasteiger partial charge in [-0.2, -0.15) is 13.2 Å². The predicted octanol–water partition coefficient (Wildman–Crippen LogP) is 2.92. The molecule has 4 aliphatic rings. The van der Waals surface area contributed by atoms with Gasteiger partial charge in [-0.15, -0.1) is 0 Å². The molecule has 0 radical (unpaired) electrons. The number of fused-ring (bicyclic) bond motifs is 5. The van der Waals surface area contributed by atoms with E-state index in [0.29, 0.717) is 19.3 Å². The lowest BCUT2D eigenvalue weighted by Gasteiger charge is -2.59. The lowest BCUT2D eigenvalue weighted by molar-refractivity contribution is -0.204. The number of hydrogen-bond donors (Lipinski definition) is 2. The first kappa shape index (κ1) is 24.1. The van der Waals surface area contributed by atoms with Crippen LogP contribution in [0.4, 0.5) is 13.2 Å². The molecular formula is C24H29F3O6. The van der Waals surface area contributed by atoms with Crippen molar-refractivity contribution in [3.8, 4) is 0 Å². The van der Waals surface area contributed by atoms with Crippen LogP contribution in [0.25, 0.3) is 0 Å². The molecule has 33 heavy (non-hydrogen) atoms. The highest BCUT2D eigenvalue weighted by Crippen LogP contribution is 2.68. The molecule has 0 heterocycles. The Bertz CT molecular complexity index is 954. The summed E-state index contributed by atoms with van der Waals surface area (Å²) in [7, 11) is 0. The van der Waals surface area contributed by atoms with Crippen LogP contribution in [0.5, 0.6) is 0 Å². The number of Topliss-reactive ketones (excluding diaryl/α,β-unsaturated/α-hetero) is 1. The SMILES string of the molecule is C[C@@H]1CC2C3CCC4=CC(=O)C=C[C@]4(C)C3[C@H](O)C[C@]2(C)[C@@]1(O)C(=O)COC(=O)C(F)(F)F. The van der Waals surface area contributed by atoms with Gasteiger partial charge >= 0.3 is 12.1 Å². The zero-order valence-corrected chi connectivity index (χ0v) is 18.8. The number of ketones is 2. The van der Waals surface area contributed by atoms with Crippen molar-refractivity contribution in [1.29, 1.82) is 0 Å². The second-order valence-electron chi connectivity index (χ2n) is 10.6. The Labute approximate surface area is 189 Å². The van der Waals surface area contributed by atoms with Crippen molar-refractivity contribution in [2.45, 2.75) is 64.3 Å². The number of aliphatic hydroxyl groups excluding tert-OH is 1. The van der Waals surface area contributed by atoms with E-state index in [1.807, 2.05) is 13.0 Å². The molecule has 0 bridgehead atoms. The highest BCUT2D eigenvalue weighted by molar-refractivity contribution is 6.01. The number of ether oxygens (including phenoxy) is 1. The molecule has 0 aromatic carbocycles. The Morgan fingerprint density at radius 3 is 2.58 bits per heavy atom. The monoisotopic (exact) mass is 470 g/mol. The van der Waals surface area contributed by atoms with Gasteiger partial charge in [0.1, 0.15) is 5.60 Å². The second-order valence-corrected chi connectivity index (χ2v) is 10.6. The molecule has 0 spiro atoms. The third kappa shape index (κ3) is 3.33. The van der Waals surface area contributed by atoms with Crippen LogP contribution in [0.3, 0.4) is 0 Å². The van der Waals surface area contributed by atoms with Crippen molar-refractivity contribution < 1.29 is 42.5 Å². The van der Waals surface area contributed by atoms with Crippen LogP contribution in [0, 0.1) is 34.5 Å². The van der Waals surface area contributed by atoms with Crippen LogP contribution in [0.15, 0.2) is 23.8 Å². The van der Waals surface area contributed by atoms with Crippen molar-refractivity contribution >= 4 is 17.5 Å². The van der Waals surface area contributed by atoms with Crippen LogP contribution >= 0.6 is 0 Å². The van der Waals surface area contributed by atoms with E-state index < -0.39 is 53.0 Å². The first-order valence-corrected chi connectivity index (χ1v) is 11.3. The largest absolute Gasteiger partial charge is 0.490 e. The summed E-state index contributed by atoms with van der Waals surface area (Å²) in [6.07, 6.45) is 0.705. The van der Waals surface area contributed by atoms with E-state index in [2.05, 4.69) is 4.74 Å². The van der Waals surface area contributed by atoms with Crippen molar-refractivity contribution in [2.75, 3.05) is 6.61 Å². The van der Waals surface area contributed by atoms with Gasteiger partial charge in [-0.1, -0.05) is 32.4 Å². The summed E-state index contributed by atoms with van der Waals surface area (Å²) in [5, 5.41) is 22.9. The number of rotatable bonds is 3. The minimum absolute atomic E-state index is 0.0549. The molecule has 2 N–H and O–H groups in total. The molecular weight excluding hydrogens is 441 g/mol. The zero-order chi connectivity index (χ0) is 24.6. The molecule has 9 heteroatoms. The number of carbonyl (C=O) groups excluding carboxylic acids is 3. The smallest absolute Gasteiger partial charge is 0.451 e. The Kier molecular flexibility index (Phi) is 5.49. The third-order valence-corrected chi connectivity index (χ3v) is 9.07. The van der Waals surface area contributed by atoms with Gasteiger partial charge in [0.25, 0.3) is 0 Å². The second kappa shape index (κ2) is 7.50. The molecule has 0 aliphatic heterocycles. The highest BCUT2D eigenvalue weighted by atomic mass is 19.4. The topological polar surface area (TPSA) is 101 Å². The zero-order valence-electron chi connectivity index (χ0n) is 18.8. The van der Waals surface area contributed by atoms with Crippen LogP contribution in [-0.4, -0.2) is 52.2 Å². The third-order valence-electron chi connectivity index (χ3n) is 9.07. The molecule has 182 valence electrons. The number of halogens is 3. The summed E-state index contributed by atoms with van der Waals surface area (Å²) >= 11 is 0. The average molecular weight is 470 g/mol. The number of aliphatic hydroxyl groups is 2. The molecule has 4 aliphatic carbocycles. The first-order valence-electron chi connectivity index (χ1n) is 11.3. The van der Waals surface area contributed by atoms with Crippen molar-refractivity contribution in [3.05, 3.63) is 23.8 Å². The molecule has 4 rings (SSSR count). The fourth-order valence-corrected chi connectivity index (χ4v) is 7.58. The molecule has 3 fully saturated rings. The highest BCUT2D eigenvalue weighted by Gasteiger charge is 2.70. The number of esters is 1. The maximum absolute atomic E-state index is 13.0. The number of carbonyl (C=O) groups is 3. The van der Waals surface area contributed by atoms with Crippen LogP contribution in [0.1, 0.15) is 46.5 Å². The Balaban J connectivity index is 1.64. The molecule has 0 aromatic rings. The fourth-order valence-electron chi connectivity index (χ4n) is 7.58. The van der Waals surface area contributed by atoms with E-state index in [1.54, 1.807) is 19.9 Å². The molecule has 6 nitrogen and oxygen atoms in total. The summed E-state index contributed by atoms with van der Waals surface area (Å²) in [4.78, 5) is 36.0. The van der Waals surface area contributed by atoms with Gasteiger partial charge in [0.05, 0.1) is 6.10 Å². The number of allylic oxidation sites excluding steroid dienone is 4. The van der Waals surface area contributed by atoms with Gasteiger partial charge in [-0.25, -0.2) is 4.79 Å². The normalized spacial score (nSPS) is 44.4. The predicted molar refractivity (Wildman–Crippen MR) is 110 cm³/mol. The number of alkyl halides is 3. The summed E-state index contributed by atoms with van der Waals surface area (Å²) in [5.41, 5.74) is -2.69. The molecule has 3 unspecified atom stereocenters. The van der Waals surface area contributed by atoms with E-state index in [0.717, 1.165) is 5.57 Å². The van der Waals surface area contributed by atoms with E-state index in [4.69, 9.17) is 0 Å². The van der Waals surface area contributed by atoms with Gasteiger partial charge in [0, 0.05) is 16.7 Å². The minimum atomic E-state index is -5.23. The van der Waals surface area contributed by atoms with Crippen LogP contribution < -0.4 is 0 Å². The Morgan fingerprint density at radius 1 is 1.27 bits per heavy atom. The lowest BCUT2D eigenvalue weighted by Crippen LogP contribution is -2.63. The fraction of sp³-hybridized carbons (Fsp3) is 0.708. The lowest BCUT2D eigenvalue weighted by atomic mass is 9.46. The van der Waals surface area contributed by atoms with E-state index in [9.17, 15) is 37.8 Å². The quantitative estimate of drug-likeness (QED) is 0.616. The van der Waals surface area contributed by atoms with Gasteiger partial charge in [0.2, 0.25) is 5.78 Å². The standard InChI is InChI=1S/C24H29F3O6/c1-12-8-16-15-5-4-13-9-14(28)6-7-21(13,2)19(15)17(29)10-22(16,3)23(12,32)18(30)11-33-20(31)24(25,26)27/h6-7,9,12,15-17,19,29,32H,4-5,8,10-11H2,1-3H3/t12-,15?,16?,17-,19?,21+,22+,23+/m1/s1. The van der Waals surface area contributed by atoms with Crippen LogP contribution in [-0.2, 0) is 19.1 Å². The van der Waals surface area contributed by atoms with Crippen molar-refractivity contribution in [2.24, 2.45) is 34.5 Å². The summed E-state index contributed by atoms with van der Waals surface area (Å²) in [6.45, 7) is 4.19. The Hall–Kier alpha value is -2.00. The molecule has 0 amide bonds. The average Bonchev–Trinajstić information content (AvgIpc) is 2.92. The number of hydrogen-bond acceptors (Lipinski definition) is 6. The van der Waals surface area contributed by atoms with Crippen LogP contribution in [0.2, 0.25) is 0 Å². The maximum atomic E-state index is 13.0. The van der Waals surface area contributed by atoms with E-state index in [-0.39, 0.29) is 30.0 Å². The van der Waals surface area contributed by atoms with Gasteiger partial charge in [0.15, 0.2) is 12.4 Å². The van der Waals surface area contributed by atoms with Gasteiger partial charge in [-0.3, -0.25) is 9.59 Å². The first-order chi connectivity index (χ1) is 15.2. The van der Waals surface area contributed by atoms with Crippen molar-refractivity contribution in [1.82, 2.24) is 0 Å². The Morgan fingerprint density at radius 2 is 1.94 bits per heavy atom. The molecule has 0 aromatic heterocycles. The summed E-state index contributed by atoms with van der Waals surface area (Å²) in [5.74, 6) is -4.57. The minimum Gasteiger partial charge on any atom is -0.451 e. The maximum Gasteiger partial charge on any atom is 0.490 e. The summed E-state index contributed by atoms with van der Waals surface area (Å²) < 4.78 is 41.7. The molecule has 8 atom stereocenters. The molecule has 3 saturated carbocycles. The molecule has 0 saturated heterocycles. The van der Waals surface area contributed by atoms with E-state index >= 15 is 0 Å². The summed E-state index contributed by atoms with van der Waals surface area (Å²) in [6, 6.07) is 0. The van der Waals surface area contributed by atoms with Gasteiger partial charge < -0.3 is 14.9 Å². The van der Waals surface area contributed by atoms with Gasteiger partial charge in [-0.05, 0) is 55.6 Å².